The molecular weight excluding hydrogens is 348 g/mol. The average molecular weight is 366 g/mol. The lowest BCUT2D eigenvalue weighted by Gasteiger charge is -2.09. The first-order chi connectivity index (χ1) is 13.2. The first kappa shape index (κ1) is 18.2. The maximum atomic E-state index is 10.6. The second-order valence-electron chi connectivity index (χ2n) is 5.70. The van der Waals surface area contributed by atoms with Gasteiger partial charge in [0.05, 0.1) is 13.3 Å². The number of amidine groups is 1. The molecule has 0 aliphatic carbocycles. The molecule has 0 aromatic heterocycles. The fourth-order valence-corrected chi connectivity index (χ4v) is 2.50. The van der Waals surface area contributed by atoms with Gasteiger partial charge in [0.15, 0.2) is 23.9 Å². The van der Waals surface area contributed by atoms with Crippen molar-refractivity contribution in [3.8, 4) is 11.5 Å². The van der Waals surface area contributed by atoms with Crippen LogP contribution in [0.3, 0.4) is 0 Å². The summed E-state index contributed by atoms with van der Waals surface area (Å²) in [6, 6.07) is 14.9. The molecule has 1 heterocycles. The molecule has 8 heteroatoms. The summed E-state index contributed by atoms with van der Waals surface area (Å²) in [6.07, 6.45) is 2.16. The van der Waals surface area contributed by atoms with Gasteiger partial charge in [-0.2, -0.15) is 10.2 Å². The van der Waals surface area contributed by atoms with E-state index in [9.17, 15) is 4.79 Å². The molecule has 2 aromatic rings. The van der Waals surface area contributed by atoms with Gasteiger partial charge in [-0.3, -0.25) is 0 Å². The fraction of sp³-hybridized carbons (Fsp3) is 0.211. The Kier molecular flexibility index (Phi) is 5.88. The predicted molar refractivity (Wildman–Crippen MR) is 99.8 cm³/mol. The van der Waals surface area contributed by atoms with Crippen LogP contribution in [0.15, 0.2) is 69.0 Å². The third-order valence-electron chi connectivity index (χ3n) is 3.79. The molecule has 0 amide bonds. The summed E-state index contributed by atoms with van der Waals surface area (Å²) >= 11 is 0. The summed E-state index contributed by atoms with van der Waals surface area (Å²) in [5, 5.41) is 25.1. The Morgan fingerprint density at radius 2 is 2.07 bits per heavy atom. The Morgan fingerprint density at radius 1 is 1.26 bits per heavy atom. The van der Waals surface area contributed by atoms with Crippen molar-refractivity contribution in [2.45, 2.75) is 12.5 Å². The van der Waals surface area contributed by atoms with Crippen molar-refractivity contribution in [1.82, 2.24) is 0 Å². The van der Waals surface area contributed by atoms with Gasteiger partial charge in [-0.1, -0.05) is 30.3 Å². The number of nitrogens with zero attached hydrogens (tertiary/aromatic N) is 4. The summed E-state index contributed by atoms with van der Waals surface area (Å²) in [5.41, 5.74) is 1.82. The number of azo groups is 1. The normalized spacial score (nSPS) is 17.5. The number of ether oxygens (including phenoxy) is 2. The van der Waals surface area contributed by atoms with E-state index in [2.05, 4.69) is 20.4 Å². The number of aliphatic carboxylic acids is 1. The molecule has 0 bridgehead atoms. The molecule has 0 spiro atoms. The molecular formula is C19H18N4O4. The highest BCUT2D eigenvalue weighted by atomic mass is 16.5. The van der Waals surface area contributed by atoms with Crippen LogP contribution in [0, 0.1) is 0 Å². The summed E-state index contributed by atoms with van der Waals surface area (Å²) in [5.74, 6) is 0.266. The van der Waals surface area contributed by atoms with Gasteiger partial charge in [0.2, 0.25) is 0 Å². The molecule has 27 heavy (non-hydrogen) atoms. The molecule has 0 saturated carbocycles. The van der Waals surface area contributed by atoms with Crippen LogP contribution in [0.5, 0.6) is 11.5 Å². The SMILES string of the molecule is COc1cc(/C=N\N=C2\C[C@@H](c3ccccc3)N=N2)ccc1OCC(=O)O. The van der Waals surface area contributed by atoms with E-state index >= 15 is 0 Å². The van der Waals surface area contributed by atoms with Crippen molar-refractivity contribution < 1.29 is 19.4 Å². The van der Waals surface area contributed by atoms with Gasteiger partial charge in [0.1, 0.15) is 6.04 Å². The lowest BCUT2D eigenvalue weighted by molar-refractivity contribution is -0.139. The van der Waals surface area contributed by atoms with Crippen LogP contribution < -0.4 is 9.47 Å². The van der Waals surface area contributed by atoms with Crippen LogP contribution in [0.1, 0.15) is 23.6 Å². The number of carboxylic acids is 1. The Labute approximate surface area is 155 Å². The number of methoxy groups -OCH3 is 1. The van der Waals surface area contributed by atoms with Gasteiger partial charge < -0.3 is 14.6 Å². The zero-order valence-electron chi connectivity index (χ0n) is 14.6. The van der Waals surface area contributed by atoms with Crippen molar-refractivity contribution in [2.75, 3.05) is 13.7 Å². The Balaban J connectivity index is 1.63. The van der Waals surface area contributed by atoms with E-state index in [1.807, 2.05) is 30.3 Å². The van der Waals surface area contributed by atoms with E-state index in [0.29, 0.717) is 23.8 Å². The molecule has 3 rings (SSSR count). The smallest absolute Gasteiger partial charge is 0.341 e. The minimum Gasteiger partial charge on any atom is -0.493 e. The third kappa shape index (κ3) is 4.97. The van der Waals surface area contributed by atoms with Crippen LogP contribution >= 0.6 is 0 Å². The first-order valence-electron chi connectivity index (χ1n) is 8.24. The van der Waals surface area contributed by atoms with E-state index in [-0.39, 0.29) is 6.04 Å². The molecule has 0 saturated heterocycles. The number of benzene rings is 2. The zero-order valence-corrected chi connectivity index (χ0v) is 14.6. The molecule has 2 aromatic carbocycles. The molecule has 0 fully saturated rings. The first-order valence-corrected chi connectivity index (χ1v) is 8.24. The van der Waals surface area contributed by atoms with Gasteiger partial charge in [-0.25, -0.2) is 4.79 Å². The van der Waals surface area contributed by atoms with Crippen LogP contribution in [0.25, 0.3) is 0 Å². The van der Waals surface area contributed by atoms with Crippen molar-refractivity contribution in [2.24, 2.45) is 20.4 Å². The van der Waals surface area contributed by atoms with Crippen molar-refractivity contribution in [1.29, 1.82) is 0 Å². The van der Waals surface area contributed by atoms with Crippen molar-refractivity contribution in [3.05, 3.63) is 59.7 Å². The topological polar surface area (TPSA) is 105 Å². The maximum absolute atomic E-state index is 10.6. The van der Waals surface area contributed by atoms with E-state index < -0.39 is 12.6 Å². The second-order valence-corrected chi connectivity index (χ2v) is 5.70. The number of carboxylic acid groups (broad SMARTS) is 1. The average Bonchev–Trinajstić information content (AvgIpc) is 3.16. The second kappa shape index (κ2) is 8.70. The fourth-order valence-electron chi connectivity index (χ4n) is 2.50. The predicted octanol–water partition coefficient (Wildman–Crippen LogP) is 3.49. The highest BCUT2D eigenvalue weighted by Crippen LogP contribution is 2.28. The lowest BCUT2D eigenvalue weighted by Crippen LogP contribution is -2.10. The molecule has 1 aliphatic heterocycles. The van der Waals surface area contributed by atoms with E-state index in [0.717, 1.165) is 11.1 Å². The van der Waals surface area contributed by atoms with Gasteiger partial charge in [0, 0.05) is 6.42 Å². The standard InChI is InChI=1S/C19H18N4O4/c1-26-17-9-13(7-8-16(17)27-12-19(24)25)11-20-22-18-10-15(21-23-18)14-5-3-2-4-6-14/h2-9,11,15H,10,12H2,1H3,(H,24,25)/b20-11-,22-18-/t15-/m0/s1. The Bertz CT molecular complexity index is 894. The highest BCUT2D eigenvalue weighted by molar-refractivity contribution is 5.86. The van der Waals surface area contributed by atoms with E-state index in [1.54, 1.807) is 24.4 Å². The minimum atomic E-state index is -1.06. The van der Waals surface area contributed by atoms with E-state index in [1.165, 1.54) is 7.11 Å². The third-order valence-corrected chi connectivity index (χ3v) is 3.79. The van der Waals surface area contributed by atoms with Crippen molar-refractivity contribution in [3.63, 3.8) is 0 Å². The Hall–Kier alpha value is -3.55. The highest BCUT2D eigenvalue weighted by Gasteiger charge is 2.19. The molecule has 8 nitrogen and oxygen atoms in total. The quantitative estimate of drug-likeness (QED) is 0.598. The van der Waals surface area contributed by atoms with Crippen molar-refractivity contribution >= 4 is 18.0 Å². The van der Waals surface area contributed by atoms with Crippen LogP contribution in [-0.2, 0) is 4.79 Å². The van der Waals surface area contributed by atoms with Gasteiger partial charge >= 0.3 is 5.97 Å². The minimum absolute atomic E-state index is 0.0223. The van der Waals surface area contributed by atoms with E-state index in [4.69, 9.17) is 14.6 Å². The molecule has 0 radical (unpaired) electrons. The summed E-state index contributed by atoms with van der Waals surface area (Å²) in [4.78, 5) is 10.6. The number of hydrogen-bond acceptors (Lipinski definition) is 6. The molecule has 0 unspecified atom stereocenters. The van der Waals surface area contributed by atoms with Crippen LogP contribution in [0.4, 0.5) is 0 Å². The van der Waals surface area contributed by atoms with Crippen LogP contribution in [-0.4, -0.2) is 36.8 Å². The number of rotatable bonds is 7. The molecule has 138 valence electrons. The summed E-state index contributed by atoms with van der Waals surface area (Å²) in [7, 11) is 1.48. The molecule has 1 N–H and O–H groups in total. The van der Waals surface area contributed by atoms with Gasteiger partial charge in [-0.15, -0.1) is 10.2 Å². The summed E-state index contributed by atoms with van der Waals surface area (Å²) in [6.45, 7) is -0.439. The number of hydrogen-bond donors (Lipinski definition) is 1. The Morgan fingerprint density at radius 3 is 2.81 bits per heavy atom. The maximum Gasteiger partial charge on any atom is 0.341 e. The van der Waals surface area contributed by atoms with Crippen LogP contribution in [0.2, 0.25) is 0 Å². The lowest BCUT2D eigenvalue weighted by atomic mass is 10.1. The monoisotopic (exact) mass is 366 g/mol. The largest absolute Gasteiger partial charge is 0.493 e. The summed E-state index contributed by atoms with van der Waals surface area (Å²) < 4.78 is 10.4. The number of carbonyl (C=O) groups is 1. The van der Waals surface area contributed by atoms with Gasteiger partial charge in [-0.05, 0) is 29.3 Å². The van der Waals surface area contributed by atoms with Gasteiger partial charge in [0.25, 0.3) is 0 Å². The molecule has 1 atom stereocenters. The molecule has 1 aliphatic rings. The zero-order chi connectivity index (χ0) is 19.1.